The van der Waals surface area contributed by atoms with Crippen molar-refractivity contribution in [2.45, 2.75) is 20.3 Å². The van der Waals surface area contributed by atoms with Crippen LogP contribution in [0.1, 0.15) is 18.2 Å². The minimum Gasteiger partial charge on any atom is -0.282 e. The van der Waals surface area contributed by atoms with Crippen LogP contribution in [0.5, 0.6) is 0 Å². The Bertz CT molecular complexity index is 171. The summed E-state index contributed by atoms with van der Waals surface area (Å²) in [6, 6.07) is 0. The molecule has 52 valence electrons. The molecule has 1 aromatic heterocycles. The van der Waals surface area contributed by atoms with Crippen molar-refractivity contribution >= 4 is 12.4 Å². The topological polar surface area (TPSA) is 28.7 Å². The fourth-order valence-corrected chi connectivity index (χ4v) is 0.731. The van der Waals surface area contributed by atoms with Crippen molar-refractivity contribution in [2.75, 3.05) is 0 Å². The van der Waals surface area contributed by atoms with Crippen LogP contribution in [0.3, 0.4) is 0 Å². The SMILES string of the molecule is CCc1[nH]ncc1C.Cl. The molecular formula is C6H11ClN2. The summed E-state index contributed by atoms with van der Waals surface area (Å²) in [5, 5.41) is 6.77. The molecular weight excluding hydrogens is 136 g/mol. The zero-order chi connectivity index (χ0) is 5.98. The summed E-state index contributed by atoms with van der Waals surface area (Å²) in [4.78, 5) is 0. The Morgan fingerprint density at radius 3 is 2.56 bits per heavy atom. The van der Waals surface area contributed by atoms with Gasteiger partial charge in [-0.25, -0.2) is 0 Å². The Hall–Kier alpha value is -0.500. The second-order valence-electron chi connectivity index (χ2n) is 1.89. The van der Waals surface area contributed by atoms with Gasteiger partial charge in [0.1, 0.15) is 0 Å². The lowest BCUT2D eigenvalue weighted by atomic mass is 10.2. The third-order valence-corrected chi connectivity index (χ3v) is 1.29. The molecule has 0 aliphatic heterocycles. The largest absolute Gasteiger partial charge is 0.282 e. The minimum absolute atomic E-state index is 0. The van der Waals surface area contributed by atoms with E-state index in [0.29, 0.717) is 0 Å². The highest BCUT2D eigenvalue weighted by Crippen LogP contribution is 2.00. The first-order valence-corrected chi connectivity index (χ1v) is 2.83. The van der Waals surface area contributed by atoms with Crippen molar-refractivity contribution < 1.29 is 0 Å². The predicted octanol–water partition coefficient (Wildman–Crippen LogP) is 1.70. The maximum Gasteiger partial charge on any atom is 0.0519 e. The molecule has 3 heteroatoms. The first-order valence-electron chi connectivity index (χ1n) is 2.83. The molecule has 2 nitrogen and oxygen atoms in total. The maximum absolute atomic E-state index is 3.87. The van der Waals surface area contributed by atoms with E-state index in [1.807, 2.05) is 6.20 Å². The minimum atomic E-state index is 0. The average molecular weight is 147 g/mol. The molecule has 0 fully saturated rings. The summed E-state index contributed by atoms with van der Waals surface area (Å²) in [5.74, 6) is 0. The van der Waals surface area contributed by atoms with Gasteiger partial charge in [-0.1, -0.05) is 6.92 Å². The van der Waals surface area contributed by atoms with E-state index in [-0.39, 0.29) is 12.4 Å². The molecule has 0 unspecified atom stereocenters. The van der Waals surface area contributed by atoms with Crippen LogP contribution in [0.2, 0.25) is 0 Å². The molecule has 1 heterocycles. The second kappa shape index (κ2) is 3.51. The van der Waals surface area contributed by atoms with Crippen LogP contribution in [-0.4, -0.2) is 10.2 Å². The summed E-state index contributed by atoms with van der Waals surface area (Å²) in [7, 11) is 0. The van der Waals surface area contributed by atoms with Crippen LogP contribution in [0, 0.1) is 6.92 Å². The molecule has 9 heavy (non-hydrogen) atoms. The van der Waals surface area contributed by atoms with Crippen molar-refractivity contribution in [1.82, 2.24) is 10.2 Å². The molecule has 1 N–H and O–H groups in total. The summed E-state index contributed by atoms with van der Waals surface area (Å²) in [5.41, 5.74) is 2.50. The molecule has 0 saturated heterocycles. The summed E-state index contributed by atoms with van der Waals surface area (Å²) < 4.78 is 0. The number of aromatic amines is 1. The fourth-order valence-electron chi connectivity index (χ4n) is 0.731. The first kappa shape index (κ1) is 8.50. The number of hydrogen-bond donors (Lipinski definition) is 1. The molecule has 0 radical (unpaired) electrons. The number of nitrogens with zero attached hydrogens (tertiary/aromatic N) is 1. The standard InChI is InChI=1S/C6H10N2.ClH/c1-3-6-5(2)4-7-8-6;/h4H,3H2,1-2H3,(H,7,8);1H. The van der Waals surface area contributed by atoms with E-state index in [4.69, 9.17) is 0 Å². The van der Waals surface area contributed by atoms with Gasteiger partial charge in [-0.3, -0.25) is 5.10 Å². The Kier molecular flexibility index (Phi) is 3.32. The van der Waals surface area contributed by atoms with Crippen molar-refractivity contribution in [2.24, 2.45) is 0 Å². The van der Waals surface area contributed by atoms with E-state index in [2.05, 4.69) is 24.0 Å². The lowest BCUT2D eigenvalue weighted by Crippen LogP contribution is -1.80. The molecule has 0 aliphatic carbocycles. The quantitative estimate of drug-likeness (QED) is 0.642. The van der Waals surface area contributed by atoms with Crippen molar-refractivity contribution in [3.8, 4) is 0 Å². The Labute approximate surface area is 61.1 Å². The Morgan fingerprint density at radius 1 is 1.67 bits per heavy atom. The molecule has 0 atom stereocenters. The molecule has 0 saturated carbocycles. The fraction of sp³-hybridized carbons (Fsp3) is 0.500. The highest BCUT2D eigenvalue weighted by molar-refractivity contribution is 5.85. The maximum atomic E-state index is 3.87. The molecule has 1 rings (SSSR count). The third-order valence-electron chi connectivity index (χ3n) is 1.29. The average Bonchev–Trinajstić information content (AvgIpc) is 2.14. The number of aromatic nitrogens is 2. The Morgan fingerprint density at radius 2 is 2.33 bits per heavy atom. The van der Waals surface area contributed by atoms with Gasteiger partial charge in [0.15, 0.2) is 0 Å². The van der Waals surface area contributed by atoms with E-state index >= 15 is 0 Å². The van der Waals surface area contributed by atoms with Crippen molar-refractivity contribution in [3.63, 3.8) is 0 Å². The number of H-pyrrole nitrogens is 1. The normalized spacial score (nSPS) is 8.67. The molecule has 0 aliphatic rings. The van der Waals surface area contributed by atoms with Gasteiger partial charge in [0.2, 0.25) is 0 Å². The predicted molar refractivity (Wildman–Crippen MR) is 40.0 cm³/mol. The van der Waals surface area contributed by atoms with Gasteiger partial charge in [-0.2, -0.15) is 5.10 Å². The van der Waals surface area contributed by atoms with Gasteiger partial charge in [-0.15, -0.1) is 12.4 Å². The summed E-state index contributed by atoms with van der Waals surface area (Å²) in [6.07, 6.45) is 2.89. The van der Waals surface area contributed by atoms with Gasteiger partial charge in [0, 0.05) is 5.69 Å². The monoisotopic (exact) mass is 146 g/mol. The van der Waals surface area contributed by atoms with Crippen LogP contribution in [0.4, 0.5) is 0 Å². The van der Waals surface area contributed by atoms with E-state index in [9.17, 15) is 0 Å². The molecule has 0 aromatic carbocycles. The zero-order valence-electron chi connectivity index (χ0n) is 5.64. The van der Waals surface area contributed by atoms with Crippen LogP contribution in [0.25, 0.3) is 0 Å². The molecule has 1 aromatic rings. The second-order valence-corrected chi connectivity index (χ2v) is 1.89. The van der Waals surface area contributed by atoms with Gasteiger partial charge >= 0.3 is 0 Å². The highest BCUT2D eigenvalue weighted by Gasteiger charge is 1.92. The van der Waals surface area contributed by atoms with Gasteiger partial charge in [0.25, 0.3) is 0 Å². The number of rotatable bonds is 1. The van der Waals surface area contributed by atoms with Crippen molar-refractivity contribution in [1.29, 1.82) is 0 Å². The van der Waals surface area contributed by atoms with Crippen LogP contribution < -0.4 is 0 Å². The number of nitrogens with one attached hydrogen (secondary N) is 1. The van der Waals surface area contributed by atoms with E-state index in [1.165, 1.54) is 11.3 Å². The van der Waals surface area contributed by atoms with Crippen LogP contribution in [-0.2, 0) is 6.42 Å². The lowest BCUT2D eigenvalue weighted by Gasteiger charge is -1.87. The molecule has 0 spiro atoms. The zero-order valence-corrected chi connectivity index (χ0v) is 6.46. The van der Waals surface area contributed by atoms with Gasteiger partial charge < -0.3 is 0 Å². The Balaban J connectivity index is 0.000000640. The van der Waals surface area contributed by atoms with Crippen LogP contribution in [0.15, 0.2) is 6.20 Å². The van der Waals surface area contributed by atoms with Gasteiger partial charge in [0.05, 0.1) is 6.20 Å². The smallest absolute Gasteiger partial charge is 0.0519 e. The van der Waals surface area contributed by atoms with E-state index in [1.54, 1.807) is 0 Å². The highest BCUT2D eigenvalue weighted by atomic mass is 35.5. The first-order chi connectivity index (χ1) is 3.84. The molecule has 0 amide bonds. The molecule has 0 bridgehead atoms. The van der Waals surface area contributed by atoms with Gasteiger partial charge in [-0.05, 0) is 18.9 Å². The number of aryl methyl sites for hydroxylation is 2. The number of halogens is 1. The summed E-state index contributed by atoms with van der Waals surface area (Å²) >= 11 is 0. The van der Waals surface area contributed by atoms with E-state index in [0.717, 1.165) is 6.42 Å². The van der Waals surface area contributed by atoms with Crippen LogP contribution >= 0.6 is 12.4 Å². The number of hydrogen-bond acceptors (Lipinski definition) is 1. The lowest BCUT2D eigenvalue weighted by molar-refractivity contribution is 0.969. The van der Waals surface area contributed by atoms with Crippen molar-refractivity contribution in [3.05, 3.63) is 17.5 Å². The third kappa shape index (κ3) is 1.72. The summed E-state index contributed by atoms with van der Waals surface area (Å²) in [6.45, 7) is 4.17. The van der Waals surface area contributed by atoms with E-state index < -0.39 is 0 Å².